The molecular weight excluding hydrogens is 268 g/mol. The predicted octanol–water partition coefficient (Wildman–Crippen LogP) is 3.40. The number of nitrogens with one attached hydrogen (secondary N) is 2. The van der Waals surface area contributed by atoms with E-state index in [1.165, 1.54) is 15.3 Å². The zero-order chi connectivity index (χ0) is 14.5. The van der Waals surface area contributed by atoms with Crippen LogP contribution in [0.5, 0.6) is 0 Å². The molecule has 0 saturated carbocycles. The Morgan fingerprint density at radius 1 is 1.20 bits per heavy atom. The first-order chi connectivity index (χ1) is 9.54. The van der Waals surface area contributed by atoms with Crippen LogP contribution in [0.1, 0.15) is 20.9 Å². The second kappa shape index (κ2) is 6.68. The number of carbonyl (C=O) groups is 1. The Morgan fingerprint density at radius 3 is 2.65 bits per heavy atom. The van der Waals surface area contributed by atoms with E-state index in [9.17, 15) is 4.79 Å². The predicted molar refractivity (Wildman–Crippen MR) is 85.3 cm³/mol. The standard InChI is InChI=1S/C16H20N2OS/c1-11-5-4-6-14(7-11)18-16(19)10-17-9-15-8-12(2)13(3)20-15/h4-8,17H,9-10H2,1-3H3,(H,18,19). The van der Waals surface area contributed by atoms with Gasteiger partial charge in [-0.05, 0) is 50.1 Å². The van der Waals surface area contributed by atoms with E-state index in [-0.39, 0.29) is 5.91 Å². The molecule has 0 unspecified atom stereocenters. The van der Waals surface area contributed by atoms with Gasteiger partial charge in [0.15, 0.2) is 0 Å². The average Bonchev–Trinajstić information content (AvgIpc) is 2.68. The summed E-state index contributed by atoms with van der Waals surface area (Å²) in [6.45, 7) is 7.30. The van der Waals surface area contributed by atoms with Gasteiger partial charge in [-0.25, -0.2) is 0 Å². The van der Waals surface area contributed by atoms with E-state index in [4.69, 9.17) is 0 Å². The van der Waals surface area contributed by atoms with E-state index in [2.05, 4.69) is 30.5 Å². The van der Waals surface area contributed by atoms with Gasteiger partial charge in [0.1, 0.15) is 0 Å². The fourth-order valence-corrected chi connectivity index (χ4v) is 2.99. The molecule has 0 aliphatic rings. The Hall–Kier alpha value is -1.65. The van der Waals surface area contributed by atoms with Gasteiger partial charge in [-0.15, -0.1) is 11.3 Å². The lowest BCUT2D eigenvalue weighted by molar-refractivity contribution is -0.115. The highest BCUT2D eigenvalue weighted by Crippen LogP contribution is 2.20. The molecule has 2 aromatic rings. The third-order valence-electron chi connectivity index (χ3n) is 3.10. The highest BCUT2D eigenvalue weighted by Gasteiger charge is 2.04. The minimum atomic E-state index is -0.0133. The van der Waals surface area contributed by atoms with Crippen molar-refractivity contribution in [3.8, 4) is 0 Å². The van der Waals surface area contributed by atoms with Crippen LogP contribution in [0.15, 0.2) is 30.3 Å². The SMILES string of the molecule is Cc1cccc(NC(=O)CNCc2cc(C)c(C)s2)c1. The largest absolute Gasteiger partial charge is 0.325 e. The lowest BCUT2D eigenvalue weighted by atomic mass is 10.2. The van der Waals surface area contributed by atoms with Gasteiger partial charge >= 0.3 is 0 Å². The quantitative estimate of drug-likeness (QED) is 0.885. The molecule has 106 valence electrons. The van der Waals surface area contributed by atoms with Crippen molar-refractivity contribution in [2.24, 2.45) is 0 Å². The fraction of sp³-hybridized carbons (Fsp3) is 0.312. The minimum absolute atomic E-state index is 0.0133. The first-order valence-electron chi connectivity index (χ1n) is 6.68. The molecule has 3 nitrogen and oxygen atoms in total. The van der Waals surface area contributed by atoms with Crippen LogP contribution in [0.2, 0.25) is 0 Å². The first kappa shape index (κ1) is 14.8. The smallest absolute Gasteiger partial charge is 0.238 e. The Kier molecular flexibility index (Phi) is 4.93. The van der Waals surface area contributed by atoms with Crippen molar-refractivity contribution in [1.82, 2.24) is 5.32 Å². The first-order valence-corrected chi connectivity index (χ1v) is 7.49. The molecule has 1 heterocycles. The summed E-state index contributed by atoms with van der Waals surface area (Å²) in [6.07, 6.45) is 0. The van der Waals surface area contributed by atoms with Crippen LogP contribution in [0, 0.1) is 20.8 Å². The molecule has 0 radical (unpaired) electrons. The molecule has 0 saturated heterocycles. The summed E-state index contributed by atoms with van der Waals surface area (Å²) in [4.78, 5) is 14.4. The highest BCUT2D eigenvalue weighted by atomic mass is 32.1. The number of aryl methyl sites for hydroxylation is 3. The summed E-state index contributed by atoms with van der Waals surface area (Å²) in [5, 5.41) is 6.06. The van der Waals surface area contributed by atoms with Gasteiger partial charge in [-0.3, -0.25) is 4.79 Å². The van der Waals surface area contributed by atoms with Crippen LogP contribution in [-0.4, -0.2) is 12.5 Å². The Labute approximate surface area is 124 Å². The summed E-state index contributed by atoms with van der Waals surface area (Å²) in [7, 11) is 0. The Bertz CT molecular complexity index is 585. The van der Waals surface area contributed by atoms with Gasteiger partial charge in [0.25, 0.3) is 0 Å². The molecule has 0 bridgehead atoms. The molecule has 0 fully saturated rings. The maximum atomic E-state index is 11.8. The number of anilines is 1. The third kappa shape index (κ3) is 4.18. The summed E-state index contributed by atoms with van der Waals surface area (Å²) < 4.78 is 0. The van der Waals surface area contributed by atoms with E-state index >= 15 is 0 Å². The Balaban J connectivity index is 1.78. The van der Waals surface area contributed by atoms with E-state index < -0.39 is 0 Å². The molecule has 0 spiro atoms. The molecular formula is C16H20N2OS. The topological polar surface area (TPSA) is 41.1 Å². The fourth-order valence-electron chi connectivity index (χ4n) is 1.96. The summed E-state index contributed by atoms with van der Waals surface area (Å²) in [5.41, 5.74) is 3.30. The van der Waals surface area contributed by atoms with E-state index in [0.717, 1.165) is 17.8 Å². The lowest BCUT2D eigenvalue weighted by Gasteiger charge is -2.06. The highest BCUT2D eigenvalue weighted by molar-refractivity contribution is 7.12. The van der Waals surface area contributed by atoms with Crippen molar-refractivity contribution < 1.29 is 4.79 Å². The molecule has 0 aliphatic carbocycles. The molecule has 0 aliphatic heterocycles. The van der Waals surface area contributed by atoms with Gasteiger partial charge in [-0.1, -0.05) is 12.1 Å². The number of benzene rings is 1. The van der Waals surface area contributed by atoms with Crippen LogP contribution < -0.4 is 10.6 Å². The summed E-state index contributed by atoms with van der Waals surface area (Å²) in [6, 6.07) is 9.98. The van der Waals surface area contributed by atoms with Gasteiger partial charge in [-0.2, -0.15) is 0 Å². The van der Waals surface area contributed by atoms with Crippen LogP contribution >= 0.6 is 11.3 Å². The molecule has 20 heavy (non-hydrogen) atoms. The van der Waals surface area contributed by atoms with E-state index in [1.54, 1.807) is 11.3 Å². The number of amides is 1. The average molecular weight is 288 g/mol. The van der Waals surface area contributed by atoms with Gasteiger partial charge < -0.3 is 10.6 Å². The second-order valence-electron chi connectivity index (χ2n) is 4.97. The van der Waals surface area contributed by atoms with E-state index in [1.807, 2.05) is 31.2 Å². The van der Waals surface area contributed by atoms with Gasteiger partial charge in [0.2, 0.25) is 5.91 Å². The number of hydrogen-bond acceptors (Lipinski definition) is 3. The monoisotopic (exact) mass is 288 g/mol. The minimum Gasteiger partial charge on any atom is -0.325 e. The van der Waals surface area contributed by atoms with E-state index in [0.29, 0.717) is 6.54 Å². The molecule has 2 rings (SSSR count). The van der Waals surface area contributed by atoms with Gasteiger partial charge in [0, 0.05) is 22.0 Å². The number of rotatable bonds is 5. The van der Waals surface area contributed by atoms with Crippen LogP contribution in [0.4, 0.5) is 5.69 Å². The third-order valence-corrected chi connectivity index (χ3v) is 4.26. The zero-order valence-corrected chi connectivity index (χ0v) is 12.9. The Morgan fingerprint density at radius 2 is 2.00 bits per heavy atom. The number of hydrogen-bond donors (Lipinski definition) is 2. The lowest BCUT2D eigenvalue weighted by Crippen LogP contribution is -2.27. The molecule has 1 aromatic carbocycles. The number of thiophene rings is 1. The maximum absolute atomic E-state index is 11.8. The van der Waals surface area contributed by atoms with Gasteiger partial charge in [0.05, 0.1) is 6.54 Å². The van der Waals surface area contributed by atoms with Crippen LogP contribution in [-0.2, 0) is 11.3 Å². The van der Waals surface area contributed by atoms with Crippen molar-refractivity contribution in [1.29, 1.82) is 0 Å². The van der Waals surface area contributed by atoms with Crippen molar-refractivity contribution >= 4 is 22.9 Å². The molecule has 4 heteroatoms. The van der Waals surface area contributed by atoms with Crippen molar-refractivity contribution in [3.05, 3.63) is 51.2 Å². The second-order valence-corrected chi connectivity index (χ2v) is 6.31. The summed E-state index contributed by atoms with van der Waals surface area (Å²) >= 11 is 1.78. The van der Waals surface area contributed by atoms with Crippen LogP contribution in [0.3, 0.4) is 0 Å². The normalized spacial score (nSPS) is 10.6. The maximum Gasteiger partial charge on any atom is 0.238 e. The molecule has 1 aromatic heterocycles. The van der Waals surface area contributed by atoms with Crippen LogP contribution in [0.25, 0.3) is 0 Å². The molecule has 0 atom stereocenters. The van der Waals surface area contributed by atoms with Crippen molar-refractivity contribution in [2.75, 3.05) is 11.9 Å². The van der Waals surface area contributed by atoms with Crippen molar-refractivity contribution in [3.63, 3.8) is 0 Å². The zero-order valence-electron chi connectivity index (χ0n) is 12.1. The number of carbonyl (C=O) groups excluding carboxylic acids is 1. The molecule has 1 amide bonds. The van der Waals surface area contributed by atoms with Crippen molar-refractivity contribution in [2.45, 2.75) is 27.3 Å². The molecule has 2 N–H and O–H groups in total. The summed E-state index contributed by atoms with van der Waals surface area (Å²) in [5.74, 6) is -0.0133.